The first-order valence-corrected chi connectivity index (χ1v) is 16.5. The van der Waals surface area contributed by atoms with Gasteiger partial charge >= 0.3 is 0 Å². The van der Waals surface area contributed by atoms with E-state index in [0.29, 0.717) is 0 Å². The molecule has 2 heteroatoms. The molecule has 2 nitrogen and oxygen atoms in total. The third kappa shape index (κ3) is 3.61. The average molecular weight is 601 g/mol. The van der Waals surface area contributed by atoms with Gasteiger partial charge < -0.3 is 9.47 Å². The van der Waals surface area contributed by atoms with Gasteiger partial charge in [0.1, 0.15) is 0 Å². The fraction of sp³-hybridized carbons (Fsp3) is 0.0667. The molecule has 0 amide bonds. The van der Waals surface area contributed by atoms with E-state index in [1.54, 1.807) is 0 Å². The molecular formula is C45H32N2. The zero-order chi connectivity index (χ0) is 31.3. The maximum absolute atomic E-state index is 2.49. The Hall–Kier alpha value is -5.86. The molecule has 47 heavy (non-hydrogen) atoms. The highest BCUT2D eigenvalue weighted by Crippen LogP contribution is 2.52. The average Bonchev–Trinajstić information content (AvgIpc) is 3.53. The van der Waals surface area contributed by atoms with E-state index in [2.05, 4.69) is 181 Å². The van der Waals surface area contributed by atoms with Crippen LogP contribution in [0.1, 0.15) is 25.0 Å². The molecular weight excluding hydrogens is 569 g/mol. The highest BCUT2D eigenvalue weighted by atomic mass is 15.1. The van der Waals surface area contributed by atoms with Crippen molar-refractivity contribution in [2.24, 2.45) is 0 Å². The number of nitrogens with zero attached hydrogens (tertiary/aromatic N) is 2. The van der Waals surface area contributed by atoms with Crippen LogP contribution in [0, 0.1) is 0 Å². The summed E-state index contributed by atoms with van der Waals surface area (Å²) in [5.41, 5.74) is 17.5. The minimum Gasteiger partial charge on any atom is -0.310 e. The Morgan fingerprint density at radius 2 is 1.04 bits per heavy atom. The highest BCUT2D eigenvalue weighted by molar-refractivity contribution is 6.16. The molecule has 0 radical (unpaired) electrons. The number of hydrogen-bond acceptors (Lipinski definition) is 1. The molecule has 222 valence electrons. The van der Waals surface area contributed by atoms with Crippen LogP contribution in [0.25, 0.3) is 60.9 Å². The second-order valence-corrected chi connectivity index (χ2v) is 13.4. The molecule has 0 unspecified atom stereocenters. The first-order chi connectivity index (χ1) is 23.1. The van der Waals surface area contributed by atoms with E-state index < -0.39 is 0 Å². The third-order valence-electron chi connectivity index (χ3n) is 10.5. The Bertz CT molecular complexity index is 2550. The van der Waals surface area contributed by atoms with Gasteiger partial charge in [-0.3, -0.25) is 0 Å². The van der Waals surface area contributed by atoms with E-state index in [1.165, 1.54) is 72.0 Å². The number of anilines is 3. The van der Waals surface area contributed by atoms with Gasteiger partial charge in [-0.1, -0.05) is 123 Å². The van der Waals surface area contributed by atoms with E-state index >= 15 is 0 Å². The van der Waals surface area contributed by atoms with Gasteiger partial charge in [0, 0.05) is 44.4 Å². The molecule has 0 atom stereocenters. The predicted octanol–water partition coefficient (Wildman–Crippen LogP) is 12.2. The monoisotopic (exact) mass is 600 g/mol. The topological polar surface area (TPSA) is 8.17 Å². The fourth-order valence-electron chi connectivity index (χ4n) is 8.37. The first-order valence-electron chi connectivity index (χ1n) is 16.5. The Balaban J connectivity index is 1.24. The van der Waals surface area contributed by atoms with Gasteiger partial charge in [0.05, 0.1) is 16.7 Å². The summed E-state index contributed by atoms with van der Waals surface area (Å²) < 4.78 is 2.49. The number of para-hydroxylation sites is 3. The van der Waals surface area contributed by atoms with Crippen molar-refractivity contribution in [2.45, 2.75) is 19.3 Å². The molecule has 1 aliphatic heterocycles. The van der Waals surface area contributed by atoms with Crippen molar-refractivity contribution in [3.8, 4) is 39.1 Å². The second-order valence-electron chi connectivity index (χ2n) is 13.4. The van der Waals surface area contributed by atoms with E-state index in [1.807, 2.05) is 0 Å². The lowest BCUT2D eigenvalue weighted by molar-refractivity contribution is 0.660. The summed E-state index contributed by atoms with van der Waals surface area (Å²) in [5, 5.41) is 2.57. The standard InChI is InChI=1S/C45H32N2/c1-45(2)40-21-10-8-17-34(40)35-25-23-31(28-41(35)45)46(29-13-4-3-5-14-29)30-24-26-43-39(27-30)33-16-7-6-15-32(33)37-19-12-20-38-36-18-9-11-22-42(36)47(43)44(37)38/h3-28H,1-2H3. The van der Waals surface area contributed by atoms with Crippen molar-refractivity contribution in [3.63, 3.8) is 0 Å². The van der Waals surface area contributed by atoms with Crippen molar-refractivity contribution in [1.82, 2.24) is 4.57 Å². The van der Waals surface area contributed by atoms with Crippen LogP contribution in [0.2, 0.25) is 0 Å². The first kappa shape index (κ1) is 26.4. The van der Waals surface area contributed by atoms with Crippen LogP contribution in [-0.4, -0.2) is 4.57 Å². The Morgan fingerprint density at radius 3 is 1.89 bits per heavy atom. The van der Waals surface area contributed by atoms with Crippen LogP contribution >= 0.6 is 0 Å². The fourth-order valence-corrected chi connectivity index (χ4v) is 8.37. The molecule has 2 heterocycles. The number of benzene rings is 7. The van der Waals surface area contributed by atoms with E-state index in [0.717, 1.165) is 17.1 Å². The van der Waals surface area contributed by atoms with Crippen LogP contribution in [0.4, 0.5) is 17.1 Å². The van der Waals surface area contributed by atoms with Crippen molar-refractivity contribution in [3.05, 3.63) is 169 Å². The summed E-state index contributed by atoms with van der Waals surface area (Å²) in [6, 6.07) is 58.2. The molecule has 0 saturated heterocycles. The molecule has 0 fully saturated rings. The smallest absolute Gasteiger partial charge is 0.0619 e. The zero-order valence-corrected chi connectivity index (χ0v) is 26.4. The molecule has 1 aromatic heterocycles. The van der Waals surface area contributed by atoms with E-state index in [9.17, 15) is 0 Å². The predicted molar refractivity (Wildman–Crippen MR) is 197 cm³/mol. The molecule has 0 spiro atoms. The van der Waals surface area contributed by atoms with Gasteiger partial charge in [0.2, 0.25) is 0 Å². The molecule has 8 aromatic rings. The van der Waals surface area contributed by atoms with Gasteiger partial charge in [0.15, 0.2) is 0 Å². The Kier molecular flexibility index (Phi) is 5.37. The molecule has 10 rings (SSSR count). The number of hydrogen-bond donors (Lipinski definition) is 0. The summed E-state index contributed by atoms with van der Waals surface area (Å²) in [5.74, 6) is 0. The third-order valence-corrected chi connectivity index (χ3v) is 10.5. The quantitative estimate of drug-likeness (QED) is 0.196. The minimum atomic E-state index is -0.0797. The van der Waals surface area contributed by atoms with Crippen LogP contribution in [-0.2, 0) is 5.41 Å². The van der Waals surface area contributed by atoms with Gasteiger partial charge in [-0.25, -0.2) is 0 Å². The SMILES string of the molecule is CC1(C)c2ccccc2-c2ccc(N(c3ccccc3)c3ccc4c(c3)-c3ccccc3-c3cccc5c6ccccc6n-4c35)cc21. The molecule has 7 aromatic carbocycles. The lowest BCUT2D eigenvalue weighted by Crippen LogP contribution is -2.16. The molecule has 0 bridgehead atoms. The minimum absolute atomic E-state index is 0.0797. The van der Waals surface area contributed by atoms with Gasteiger partial charge in [-0.2, -0.15) is 0 Å². The lowest BCUT2D eigenvalue weighted by atomic mass is 9.82. The zero-order valence-electron chi connectivity index (χ0n) is 26.4. The summed E-state index contributed by atoms with van der Waals surface area (Å²) in [7, 11) is 0. The molecule has 0 saturated carbocycles. The Morgan fingerprint density at radius 1 is 0.426 bits per heavy atom. The maximum Gasteiger partial charge on any atom is 0.0619 e. The van der Waals surface area contributed by atoms with Gasteiger partial charge in [-0.05, 0) is 81.9 Å². The summed E-state index contributed by atoms with van der Waals surface area (Å²) >= 11 is 0. The van der Waals surface area contributed by atoms with Crippen LogP contribution in [0.3, 0.4) is 0 Å². The number of fused-ring (bicyclic) bond motifs is 11. The van der Waals surface area contributed by atoms with Crippen LogP contribution < -0.4 is 4.90 Å². The highest BCUT2D eigenvalue weighted by Gasteiger charge is 2.36. The van der Waals surface area contributed by atoms with Gasteiger partial charge in [-0.15, -0.1) is 0 Å². The van der Waals surface area contributed by atoms with Crippen LogP contribution in [0.5, 0.6) is 0 Å². The number of rotatable bonds is 3. The van der Waals surface area contributed by atoms with Crippen molar-refractivity contribution in [1.29, 1.82) is 0 Å². The molecule has 1 aliphatic carbocycles. The molecule has 0 N–H and O–H groups in total. The summed E-state index contributed by atoms with van der Waals surface area (Å²) in [6.07, 6.45) is 0. The van der Waals surface area contributed by atoms with Crippen molar-refractivity contribution >= 4 is 38.9 Å². The van der Waals surface area contributed by atoms with Crippen LogP contribution in [0.15, 0.2) is 158 Å². The normalized spacial score (nSPS) is 13.5. The Labute approximate surface area is 274 Å². The summed E-state index contributed by atoms with van der Waals surface area (Å²) in [4.78, 5) is 2.42. The number of aromatic nitrogens is 1. The largest absolute Gasteiger partial charge is 0.310 e. The van der Waals surface area contributed by atoms with E-state index in [-0.39, 0.29) is 5.41 Å². The van der Waals surface area contributed by atoms with Crippen molar-refractivity contribution < 1.29 is 0 Å². The van der Waals surface area contributed by atoms with Crippen molar-refractivity contribution in [2.75, 3.05) is 4.90 Å². The van der Waals surface area contributed by atoms with Gasteiger partial charge in [0.25, 0.3) is 0 Å². The maximum atomic E-state index is 2.49. The molecule has 2 aliphatic rings. The second kappa shape index (κ2) is 9.57. The summed E-state index contributed by atoms with van der Waals surface area (Å²) in [6.45, 7) is 4.71. The van der Waals surface area contributed by atoms with E-state index in [4.69, 9.17) is 0 Å². The lowest BCUT2D eigenvalue weighted by Gasteiger charge is -2.29.